The second-order valence-corrected chi connectivity index (χ2v) is 6.62. The summed E-state index contributed by atoms with van der Waals surface area (Å²) in [6.07, 6.45) is 0. The van der Waals surface area contributed by atoms with Crippen LogP contribution in [0.4, 0.5) is 0 Å². The van der Waals surface area contributed by atoms with Crippen LogP contribution in [-0.4, -0.2) is 17.6 Å². The summed E-state index contributed by atoms with van der Waals surface area (Å²) in [5.74, 6) is 1.02. The highest BCUT2D eigenvalue weighted by Crippen LogP contribution is 2.25. The first kappa shape index (κ1) is 17.1. The van der Waals surface area contributed by atoms with E-state index in [1.165, 1.54) is 0 Å². The van der Waals surface area contributed by atoms with Crippen molar-refractivity contribution in [1.82, 2.24) is 9.88 Å². The van der Waals surface area contributed by atoms with Crippen molar-refractivity contribution in [2.24, 2.45) is 13.0 Å². The maximum absolute atomic E-state index is 12.9. The largest absolute Gasteiger partial charge is 0.497 e. The number of carbonyl (C=O) groups is 1. The summed E-state index contributed by atoms with van der Waals surface area (Å²) < 4.78 is 7.16. The van der Waals surface area contributed by atoms with E-state index in [4.69, 9.17) is 4.74 Å². The number of ether oxygens (including phenoxy) is 1. The van der Waals surface area contributed by atoms with Gasteiger partial charge >= 0.3 is 0 Å². The summed E-state index contributed by atoms with van der Waals surface area (Å²) in [5, 5.41) is 4.26. The predicted molar refractivity (Wildman–Crippen MR) is 101 cm³/mol. The van der Waals surface area contributed by atoms with Crippen LogP contribution < -0.4 is 10.1 Å². The van der Waals surface area contributed by atoms with Gasteiger partial charge in [-0.2, -0.15) is 0 Å². The number of hydrogen-bond acceptors (Lipinski definition) is 2. The van der Waals surface area contributed by atoms with Crippen molar-refractivity contribution in [2.75, 3.05) is 7.11 Å². The van der Waals surface area contributed by atoms with Gasteiger partial charge in [0.2, 0.25) is 0 Å². The summed E-state index contributed by atoms with van der Waals surface area (Å²) in [7, 11) is 3.58. The molecule has 1 aromatic heterocycles. The zero-order valence-electron chi connectivity index (χ0n) is 15.1. The van der Waals surface area contributed by atoms with Gasteiger partial charge in [0, 0.05) is 18.0 Å². The van der Waals surface area contributed by atoms with Gasteiger partial charge in [0.05, 0.1) is 13.2 Å². The zero-order chi connectivity index (χ0) is 18.0. The predicted octanol–water partition coefficient (Wildman–Crippen LogP) is 4.31. The molecule has 0 saturated carbocycles. The molecule has 2 aromatic carbocycles. The normalized spacial score (nSPS) is 12.4. The minimum absolute atomic E-state index is 0.0589. The maximum atomic E-state index is 12.9. The fourth-order valence-corrected chi connectivity index (χ4v) is 3.17. The smallest absolute Gasteiger partial charge is 0.268 e. The quantitative estimate of drug-likeness (QED) is 0.754. The number of aromatic nitrogens is 1. The molecule has 1 N–H and O–H groups in total. The molecule has 0 aliphatic heterocycles. The second-order valence-electron chi connectivity index (χ2n) is 6.62. The van der Waals surface area contributed by atoms with E-state index >= 15 is 0 Å². The molecular weight excluding hydrogens is 312 g/mol. The molecule has 0 fully saturated rings. The summed E-state index contributed by atoms with van der Waals surface area (Å²) >= 11 is 0. The number of nitrogens with one attached hydrogen (secondary N) is 1. The Morgan fingerprint density at radius 2 is 1.76 bits per heavy atom. The fraction of sp³-hybridized carbons (Fsp3) is 0.286. The van der Waals surface area contributed by atoms with Crippen LogP contribution in [0.3, 0.4) is 0 Å². The first-order valence-corrected chi connectivity index (χ1v) is 8.50. The molecule has 0 aliphatic carbocycles. The molecule has 1 heterocycles. The lowest BCUT2D eigenvalue weighted by molar-refractivity contribution is 0.0917. The topological polar surface area (TPSA) is 43.3 Å². The fourth-order valence-electron chi connectivity index (χ4n) is 3.17. The van der Waals surface area contributed by atoms with Gasteiger partial charge in [-0.15, -0.1) is 0 Å². The SMILES string of the molecule is COc1ccc(C(NC(=O)c2cc3ccccc3n2C)C(C)C)cc1. The highest BCUT2D eigenvalue weighted by Gasteiger charge is 2.21. The molecule has 3 aromatic rings. The van der Waals surface area contributed by atoms with E-state index in [1.807, 2.05) is 66.2 Å². The van der Waals surface area contributed by atoms with E-state index in [0.29, 0.717) is 5.69 Å². The Labute approximate surface area is 148 Å². The number of nitrogens with zero attached hydrogens (tertiary/aromatic N) is 1. The number of para-hydroxylation sites is 1. The van der Waals surface area contributed by atoms with Crippen molar-refractivity contribution in [3.05, 3.63) is 65.9 Å². The average molecular weight is 336 g/mol. The first-order valence-electron chi connectivity index (χ1n) is 8.50. The third-order valence-electron chi connectivity index (χ3n) is 4.61. The molecule has 130 valence electrons. The van der Waals surface area contributed by atoms with Crippen molar-refractivity contribution in [3.8, 4) is 5.75 Å². The monoisotopic (exact) mass is 336 g/mol. The minimum atomic E-state index is -0.0618. The summed E-state index contributed by atoms with van der Waals surface area (Å²) in [5.41, 5.74) is 2.79. The molecular formula is C21H24N2O2. The van der Waals surface area contributed by atoms with Crippen molar-refractivity contribution in [1.29, 1.82) is 0 Å². The van der Waals surface area contributed by atoms with E-state index in [2.05, 4.69) is 19.2 Å². The van der Waals surface area contributed by atoms with Crippen molar-refractivity contribution < 1.29 is 9.53 Å². The van der Waals surface area contributed by atoms with E-state index in [1.54, 1.807) is 7.11 Å². The van der Waals surface area contributed by atoms with Crippen LogP contribution in [0.1, 0.15) is 35.9 Å². The molecule has 25 heavy (non-hydrogen) atoms. The number of fused-ring (bicyclic) bond motifs is 1. The number of hydrogen-bond donors (Lipinski definition) is 1. The van der Waals surface area contributed by atoms with Crippen molar-refractivity contribution in [2.45, 2.75) is 19.9 Å². The summed E-state index contributed by atoms with van der Waals surface area (Å²) in [6.45, 7) is 4.22. The summed E-state index contributed by atoms with van der Waals surface area (Å²) in [6, 6.07) is 17.8. The lowest BCUT2D eigenvalue weighted by Gasteiger charge is -2.23. The van der Waals surface area contributed by atoms with Crippen molar-refractivity contribution >= 4 is 16.8 Å². The van der Waals surface area contributed by atoms with Crippen LogP contribution in [0.25, 0.3) is 10.9 Å². The number of rotatable bonds is 5. The Balaban J connectivity index is 1.88. The van der Waals surface area contributed by atoms with Crippen LogP contribution >= 0.6 is 0 Å². The van der Waals surface area contributed by atoms with Crippen LogP contribution in [0.2, 0.25) is 0 Å². The molecule has 0 bridgehead atoms. The number of amides is 1. The minimum Gasteiger partial charge on any atom is -0.497 e. The Morgan fingerprint density at radius 1 is 1.08 bits per heavy atom. The lowest BCUT2D eigenvalue weighted by atomic mass is 9.96. The Hall–Kier alpha value is -2.75. The van der Waals surface area contributed by atoms with Crippen LogP contribution in [0, 0.1) is 5.92 Å². The average Bonchev–Trinajstić information content (AvgIpc) is 2.97. The summed E-state index contributed by atoms with van der Waals surface area (Å²) in [4.78, 5) is 12.9. The number of aryl methyl sites for hydroxylation is 1. The van der Waals surface area contributed by atoms with Gasteiger partial charge in [-0.1, -0.05) is 44.2 Å². The molecule has 0 aliphatic rings. The van der Waals surface area contributed by atoms with Gasteiger partial charge in [0.25, 0.3) is 5.91 Å². The van der Waals surface area contributed by atoms with Gasteiger partial charge < -0.3 is 14.6 Å². The Bertz CT molecular complexity index is 879. The molecule has 0 radical (unpaired) electrons. The van der Waals surface area contributed by atoms with Crippen LogP contribution in [-0.2, 0) is 7.05 Å². The molecule has 4 heteroatoms. The van der Waals surface area contributed by atoms with Crippen molar-refractivity contribution in [3.63, 3.8) is 0 Å². The zero-order valence-corrected chi connectivity index (χ0v) is 15.1. The molecule has 1 amide bonds. The van der Waals surface area contributed by atoms with E-state index < -0.39 is 0 Å². The number of carbonyl (C=O) groups excluding carboxylic acids is 1. The van der Waals surface area contributed by atoms with Gasteiger partial charge in [0.1, 0.15) is 11.4 Å². The molecule has 4 nitrogen and oxygen atoms in total. The first-order chi connectivity index (χ1) is 12.0. The molecule has 1 atom stereocenters. The molecule has 1 unspecified atom stereocenters. The van der Waals surface area contributed by atoms with E-state index in [9.17, 15) is 4.79 Å². The van der Waals surface area contributed by atoms with Gasteiger partial charge in [-0.05, 0) is 35.7 Å². The highest BCUT2D eigenvalue weighted by atomic mass is 16.5. The standard InChI is InChI=1S/C21H24N2O2/c1-14(2)20(15-9-11-17(25-4)12-10-15)22-21(24)19-13-16-7-5-6-8-18(16)23(19)3/h5-14,20H,1-4H3,(H,22,24). The molecule has 3 rings (SSSR count). The third kappa shape index (κ3) is 3.38. The third-order valence-corrected chi connectivity index (χ3v) is 4.61. The maximum Gasteiger partial charge on any atom is 0.268 e. The van der Waals surface area contributed by atoms with Crippen LogP contribution in [0.15, 0.2) is 54.6 Å². The number of benzene rings is 2. The number of methoxy groups -OCH3 is 1. The second kappa shape index (κ2) is 7.01. The van der Waals surface area contributed by atoms with E-state index in [-0.39, 0.29) is 17.9 Å². The molecule has 0 saturated heterocycles. The lowest BCUT2D eigenvalue weighted by Crippen LogP contribution is -2.32. The van der Waals surface area contributed by atoms with Gasteiger partial charge in [0.15, 0.2) is 0 Å². The van der Waals surface area contributed by atoms with Gasteiger partial charge in [-0.3, -0.25) is 4.79 Å². The Kier molecular flexibility index (Phi) is 4.79. The van der Waals surface area contributed by atoms with E-state index in [0.717, 1.165) is 22.2 Å². The highest BCUT2D eigenvalue weighted by molar-refractivity contribution is 5.98. The Morgan fingerprint density at radius 3 is 2.36 bits per heavy atom. The molecule has 0 spiro atoms. The van der Waals surface area contributed by atoms with Gasteiger partial charge in [-0.25, -0.2) is 0 Å². The van der Waals surface area contributed by atoms with Crippen LogP contribution in [0.5, 0.6) is 5.75 Å².